The van der Waals surface area contributed by atoms with Gasteiger partial charge in [-0.1, -0.05) is 25.1 Å². The molecule has 27 heavy (non-hydrogen) atoms. The van der Waals surface area contributed by atoms with Gasteiger partial charge in [-0.2, -0.15) is 0 Å². The van der Waals surface area contributed by atoms with Crippen molar-refractivity contribution >= 4 is 22.7 Å². The van der Waals surface area contributed by atoms with Gasteiger partial charge in [0.15, 0.2) is 6.61 Å². The molecular weight excluding hydrogens is 346 g/mol. The molecule has 0 aliphatic rings. The molecule has 6 nitrogen and oxygen atoms in total. The van der Waals surface area contributed by atoms with Crippen molar-refractivity contribution < 1.29 is 23.8 Å². The minimum Gasteiger partial charge on any atom is -0.497 e. The number of nitrogens with one attached hydrogen (secondary N) is 1. The number of H-pyrrole nitrogens is 1. The summed E-state index contributed by atoms with van der Waals surface area (Å²) >= 11 is 0. The number of aromatic amines is 1. The highest BCUT2D eigenvalue weighted by Crippen LogP contribution is 2.25. The Morgan fingerprint density at radius 1 is 1.04 bits per heavy atom. The first-order chi connectivity index (χ1) is 13.1. The van der Waals surface area contributed by atoms with Crippen LogP contribution in [0.4, 0.5) is 0 Å². The van der Waals surface area contributed by atoms with Crippen molar-refractivity contribution in [3.05, 3.63) is 59.3 Å². The summed E-state index contributed by atoms with van der Waals surface area (Å²) in [4.78, 5) is 28.1. The summed E-state index contributed by atoms with van der Waals surface area (Å²) in [5, 5.41) is 0.828. The van der Waals surface area contributed by atoms with Crippen LogP contribution in [0, 0.1) is 0 Å². The molecule has 0 bridgehead atoms. The molecule has 0 spiro atoms. The Morgan fingerprint density at radius 3 is 2.56 bits per heavy atom. The summed E-state index contributed by atoms with van der Waals surface area (Å²) in [5.41, 5.74) is 2.77. The van der Waals surface area contributed by atoms with E-state index in [1.54, 1.807) is 18.3 Å². The van der Waals surface area contributed by atoms with Crippen LogP contribution in [-0.2, 0) is 11.2 Å². The molecule has 140 valence electrons. The second-order valence-corrected chi connectivity index (χ2v) is 5.96. The number of methoxy groups -OCH3 is 2. The fourth-order valence-corrected chi connectivity index (χ4v) is 3.00. The lowest BCUT2D eigenvalue weighted by Crippen LogP contribution is -2.15. The number of aromatic nitrogens is 1. The zero-order valence-corrected chi connectivity index (χ0v) is 15.5. The first-order valence-electron chi connectivity index (χ1n) is 8.60. The SMILES string of the molecule is CCc1cccc2c(C(=O)COC(=O)c3cc(OC)ccc3OC)c[nH]c12. The van der Waals surface area contributed by atoms with Gasteiger partial charge in [0.25, 0.3) is 0 Å². The number of hydrogen-bond acceptors (Lipinski definition) is 5. The molecule has 0 radical (unpaired) electrons. The van der Waals surface area contributed by atoms with Crippen LogP contribution < -0.4 is 9.47 Å². The minimum atomic E-state index is -0.645. The predicted octanol–water partition coefficient (Wildman–Crippen LogP) is 3.79. The molecule has 6 heteroatoms. The van der Waals surface area contributed by atoms with Crippen LogP contribution in [0.15, 0.2) is 42.6 Å². The maximum absolute atomic E-state index is 12.6. The maximum atomic E-state index is 12.6. The topological polar surface area (TPSA) is 77.6 Å². The molecule has 1 N–H and O–H groups in total. The van der Waals surface area contributed by atoms with Gasteiger partial charge < -0.3 is 19.2 Å². The van der Waals surface area contributed by atoms with Gasteiger partial charge in [-0.15, -0.1) is 0 Å². The summed E-state index contributed by atoms with van der Waals surface area (Å²) in [6.07, 6.45) is 2.52. The van der Waals surface area contributed by atoms with Gasteiger partial charge in [0.05, 0.1) is 14.2 Å². The standard InChI is InChI=1S/C21H21NO5/c1-4-13-6-5-7-15-17(11-22-20(13)15)18(23)12-27-21(24)16-10-14(25-2)8-9-19(16)26-3/h5-11,22H,4,12H2,1-3H3. The van der Waals surface area contributed by atoms with Crippen molar-refractivity contribution in [1.82, 2.24) is 4.98 Å². The van der Waals surface area contributed by atoms with Crippen molar-refractivity contribution in [3.63, 3.8) is 0 Å². The number of rotatable bonds is 7. The first-order valence-corrected chi connectivity index (χ1v) is 8.60. The highest BCUT2D eigenvalue weighted by molar-refractivity contribution is 6.09. The van der Waals surface area contributed by atoms with Gasteiger partial charge in [-0.05, 0) is 30.2 Å². The van der Waals surface area contributed by atoms with E-state index in [0.29, 0.717) is 17.1 Å². The molecule has 0 amide bonds. The molecule has 0 aliphatic carbocycles. The van der Waals surface area contributed by atoms with Crippen molar-refractivity contribution in [2.75, 3.05) is 20.8 Å². The second kappa shape index (κ2) is 7.95. The van der Waals surface area contributed by atoms with Gasteiger partial charge in [0.2, 0.25) is 5.78 Å². The Hall–Kier alpha value is -3.28. The van der Waals surface area contributed by atoms with Crippen molar-refractivity contribution in [2.45, 2.75) is 13.3 Å². The van der Waals surface area contributed by atoms with Gasteiger partial charge in [0.1, 0.15) is 17.1 Å². The molecule has 1 aromatic heterocycles. The summed E-state index contributed by atoms with van der Waals surface area (Å²) in [5.74, 6) is -0.0661. The zero-order chi connectivity index (χ0) is 19.4. The molecule has 3 aromatic rings. The van der Waals surface area contributed by atoms with Gasteiger partial charge in [0, 0.05) is 22.7 Å². The third kappa shape index (κ3) is 3.65. The number of ketones is 1. The van der Waals surface area contributed by atoms with Gasteiger partial charge in [-0.3, -0.25) is 4.79 Å². The Bertz CT molecular complexity index is 989. The number of carbonyl (C=O) groups is 2. The van der Waals surface area contributed by atoms with E-state index in [2.05, 4.69) is 11.9 Å². The molecule has 0 fully saturated rings. The Labute approximate surface area is 157 Å². The maximum Gasteiger partial charge on any atom is 0.342 e. The summed E-state index contributed by atoms with van der Waals surface area (Å²) in [6, 6.07) is 10.6. The van der Waals surface area contributed by atoms with E-state index in [-0.39, 0.29) is 18.0 Å². The van der Waals surface area contributed by atoms with Gasteiger partial charge >= 0.3 is 5.97 Å². The van der Waals surface area contributed by atoms with E-state index in [1.807, 2.05) is 18.2 Å². The van der Waals surface area contributed by atoms with E-state index in [1.165, 1.54) is 20.3 Å². The average molecular weight is 367 g/mol. The molecule has 0 saturated heterocycles. The number of fused-ring (bicyclic) bond motifs is 1. The highest BCUT2D eigenvalue weighted by Gasteiger charge is 2.19. The summed E-state index contributed by atoms with van der Waals surface area (Å²) in [7, 11) is 2.96. The van der Waals surface area contributed by atoms with Crippen molar-refractivity contribution in [3.8, 4) is 11.5 Å². The van der Waals surface area contributed by atoms with Crippen LogP contribution in [0.3, 0.4) is 0 Å². The highest BCUT2D eigenvalue weighted by atomic mass is 16.5. The normalized spacial score (nSPS) is 10.6. The average Bonchev–Trinajstić information content (AvgIpc) is 3.15. The lowest BCUT2D eigenvalue weighted by molar-refractivity contribution is 0.0471. The second-order valence-electron chi connectivity index (χ2n) is 5.96. The predicted molar refractivity (Wildman–Crippen MR) is 102 cm³/mol. The number of ether oxygens (including phenoxy) is 3. The third-order valence-electron chi connectivity index (χ3n) is 4.44. The van der Waals surface area contributed by atoms with Crippen LogP contribution in [0.5, 0.6) is 11.5 Å². The number of hydrogen-bond donors (Lipinski definition) is 1. The molecule has 3 rings (SSSR count). The van der Waals surface area contributed by atoms with Crippen LogP contribution in [0.2, 0.25) is 0 Å². The quantitative estimate of drug-likeness (QED) is 0.508. The third-order valence-corrected chi connectivity index (χ3v) is 4.44. The number of para-hydroxylation sites is 1. The van der Waals surface area contributed by atoms with E-state index >= 15 is 0 Å². The molecule has 1 heterocycles. The van der Waals surface area contributed by atoms with E-state index < -0.39 is 5.97 Å². The number of carbonyl (C=O) groups excluding carboxylic acids is 2. The van der Waals surface area contributed by atoms with E-state index in [4.69, 9.17) is 14.2 Å². The van der Waals surface area contributed by atoms with Crippen molar-refractivity contribution in [2.24, 2.45) is 0 Å². The van der Waals surface area contributed by atoms with Crippen LogP contribution in [0.1, 0.15) is 33.2 Å². The smallest absolute Gasteiger partial charge is 0.342 e. The van der Waals surface area contributed by atoms with E-state index in [9.17, 15) is 9.59 Å². The fourth-order valence-electron chi connectivity index (χ4n) is 3.00. The first kappa shape index (κ1) is 18.5. The molecular formula is C21H21NO5. The monoisotopic (exact) mass is 367 g/mol. The molecule has 0 atom stereocenters. The van der Waals surface area contributed by atoms with Crippen molar-refractivity contribution in [1.29, 1.82) is 0 Å². The molecule has 2 aromatic carbocycles. The summed E-state index contributed by atoms with van der Waals surface area (Å²) in [6.45, 7) is 1.70. The molecule has 0 saturated carbocycles. The van der Waals surface area contributed by atoms with Crippen LogP contribution >= 0.6 is 0 Å². The lowest BCUT2D eigenvalue weighted by Gasteiger charge is -2.10. The molecule has 0 unspecified atom stereocenters. The lowest BCUT2D eigenvalue weighted by atomic mass is 10.1. The largest absolute Gasteiger partial charge is 0.497 e. The zero-order valence-electron chi connectivity index (χ0n) is 15.5. The van der Waals surface area contributed by atoms with Crippen LogP contribution in [0.25, 0.3) is 10.9 Å². The number of esters is 1. The molecule has 0 aliphatic heterocycles. The summed E-state index contributed by atoms with van der Waals surface area (Å²) < 4.78 is 15.5. The minimum absolute atomic E-state index is 0.205. The van der Waals surface area contributed by atoms with Crippen LogP contribution in [-0.4, -0.2) is 37.6 Å². The number of aryl methyl sites for hydroxylation is 1. The Morgan fingerprint density at radius 2 is 1.85 bits per heavy atom. The fraction of sp³-hybridized carbons (Fsp3) is 0.238. The number of benzene rings is 2. The Balaban J connectivity index is 1.77. The number of Topliss-reactive ketones (excluding diaryl/α,β-unsaturated/α-hetero) is 1. The van der Waals surface area contributed by atoms with E-state index in [0.717, 1.165) is 22.9 Å². The Kier molecular flexibility index (Phi) is 5.45. The van der Waals surface area contributed by atoms with Gasteiger partial charge in [-0.25, -0.2) is 4.79 Å².